The van der Waals surface area contributed by atoms with Crippen LogP contribution in [0.15, 0.2) is 21.3 Å². The summed E-state index contributed by atoms with van der Waals surface area (Å²) < 4.78 is 11.4. The molecule has 0 unspecified atom stereocenters. The molecule has 1 aromatic heterocycles. The molecule has 1 aromatic carbocycles. The van der Waals surface area contributed by atoms with E-state index in [1.165, 1.54) is 12.8 Å². The molecule has 0 radical (unpaired) electrons. The van der Waals surface area contributed by atoms with Gasteiger partial charge in [0, 0.05) is 11.6 Å². The summed E-state index contributed by atoms with van der Waals surface area (Å²) in [6.45, 7) is 1.92. The molecule has 0 bridgehead atoms. The van der Waals surface area contributed by atoms with Crippen LogP contribution < -0.4 is 15.7 Å². The zero-order valence-electron chi connectivity index (χ0n) is 14.5. The molecule has 2 aromatic rings. The van der Waals surface area contributed by atoms with Gasteiger partial charge in [-0.15, -0.1) is 0 Å². The molecular formula is C20H23NO4. The molecule has 0 atom stereocenters. The van der Waals surface area contributed by atoms with Gasteiger partial charge >= 0.3 is 5.63 Å². The van der Waals surface area contributed by atoms with E-state index in [-0.39, 0.29) is 24.2 Å². The first kappa shape index (κ1) is 16.2. The maximum atomic E-state index is 12.2. The van der Waals surface area contributed by atoms with Crippen molar-refractivity contribution in [3.05, 3.63) is 39.2 Å². The van der Waals surface area contributed by atoms with E-state index in [0.29, 0.717) is 11.3 Å². The van der Waals surface area contributed by atoms with Crippen molar-refractivity contribution >= 4 is 16.9 Å². The minimum atomic E-state index is -0.240. The van der Waals surface area contributed by atoms with Crippen molar-refractivity contribution < 1.29 is 13.9 Å². The lowest BCUT2D eigenvalue weighted by molar-refractivity contribution is -0.123. The molecule has 4 rings (SSSR count). The molecule has 0 saturated heterocycles. The van der Waals surface area contributed by atoms with E-state index < -0.39 is 0 Å². The molecule has 132 valence electrons. The molecule has 1 N–H and O–H groups in total. The minimum Gasteiger partial charge on any atom is -0.483 e. The lowest BCUT2D eigenvalue weighted by atomic mass is 10.0. The highest BCUT2D eigenvalue weighted by Gasteiger charge is 2.23. The van der Waals surface area contributed by atoms with E-state index in [4.69, 9.17) is 9.15 Å². The molecule has 2 aliphatic rings. The van der Waals surface area contributed by atoms with Crippen LogP contribution in [0.4, 0.5) is 0 Å². The number of rotatable bonds is 4. The van der Waals surface area contributed by atoms with Gasteiger partial charge in [-0.3, -0.25) is 4.79 Å². The second-order valence-electron chi connectivity index (χ2n) is 7.17. The number of hydrogen-bond donors (Lipinski definition) is 1. The third-order valence-electron chi connectivity index (χ3n) is 5.26. The first-order valence-corrected chi connectivity index (χ1v) is 9.13. The number of amides is 1. The molecule has 0 spiro atoms. The van der Waals surface area contributed by atoms with Crippen molar-refractivity contribution in [3.8, 4) is 5.75 Å². The van der Waals surface area contributed by atoms with Crippen molar-refractivity contribution in [2.45, 2.75) is 57.9 Å². The highest BCUT2D eigenvalue weighted by Crippen LogP contribution is 2.35. The van der Waals surface area contributed by atoms with Crippen LogP contribution in [0.25, 0.3) is 11.0 Å². The Labute approximate surface area is 146 Å². The second-order valence-corrected chi connectivity index (χ2v) is 7.17. The summed E-state index contributed by atoms with van der Waals surface area (Å²) >= 11 is 0. The van der Waals surface area contributed by atoms with Gasteiger partial charge in [-0.05, 0) is 62.3 Å². The van der Waals surface area contributed by atoms with Crippen molar-refractivity contribution in [3.63, 3.8) is 0 Å². The van der Waals surface area contributed by atoms with Crippen molar-refractivity contribution in [2.24, 2.45) is 0 Å². The molecule has 5 heteroatoms. The van der Waals surface area contributed by atoms with Crippen LogP contribution in [0.2, 0.25) is 0 Å². The molecule has 1 amide bonds. The number of carbonyl (C=O) groups is 1. The Morgan fingerprint density at radius 2 is 1.96 bits per heavy atom. The first-order valence-electron chi connectivity index (χ1n) is 9.13. The van der Waals surface area contributed by atoms with Crippen LogP contribution in [-0.4, -0.2) is 18.6 Å². The number of ether oxygens (including phenoxy) is 1. The van der Waals surface area contributed by atoms with E-state index in [1.54, 1.807) is 0 Å². The molecule has 1 fully saturated rings. The summed E-state index contributed by atoms with van der Waals surface area (Å²) in [7, 11) is 0. The monoisotopic (exact) mass is 341 g/mol. The minimum absolute atomic E-state index is 0.0110. The van der Waals surface area contributed by atoms with Gasteiger partial charge < -0.3 is 14.5 Å². The quantitative estimate of drug-likeness (QED) is 0.868. The van der Waals surface area contributed by atoms with Gasteiger partial charge in [0.1, 0.15) is 11.3 Å². The Hall–Kier alpha value is -2.30. The summed E-state index contributed by atoms with van der Waals surface area (Å²) in [5, 5.41) is 3.89. The SMILES string of the molecule is Cc1cc(OCC(=O)NC2CCCC2)c2c3c(c(=O)oc2c1)CCC3. The van der Waals surface area contributed by atoms with Gasteiger partial charge in [-0.25, -0.2) is 4.79 Å². The van der Waals surface area contributed by atoms with Crippen LogP contribution >= 0.6 is 0 Å². The lowest BCUT2D eigenvalue weighted by Crippen LogP contribution is -2.36. The summed E-state index contributed by atoms with van der Waals surface area (Å²) in [4.78, 5) is 24.3. The van der Waals surface area contributed by atoms with Crippen LogP contribution in [0.3, 0.4) is 0 Å². The second kappa shape index (κ2) is 6.54. The average Bonchev–Trinajstić information content (AvgIpc) is 3.24. The third-order valence-corrected chi connectivity index (χ3v) is 5.26. The van der Waals surface area contributed by atoms with Crippen molar-refractivity contribution in [1.82, 2.24) is 5.32 Å². The summed E-state index contributed by atoms with van der Waals surface area (Å²) in [5.74, 6) is 0.550. The van der Waals surface area contributed by atoms with E-state index in [0.717, 1.165) is 54.2 Å². The zero-order chi connectivity index (χ0) is 17.4. The molecule has 1 saturated carbocycles. The fourth-order valence-electron chi connectivity index (χ4n) is 4.10. The zero-order valence-corrected chi connectivity index (χ0v) is 14.5. The topological polar surface area (TPSA) is 68.5 Å². The van der Waals surface area contributed by atoms with Crippen LogP contribution in [0.5, 0.6) is 5.75 Å². The highest BCUT2D eigenvalue weighted by molar-refractivity contribution is 5.89. The molecule has 25 heavy (non-hydrogen) atoms. The first-order chi connectivity index (χ1) is 12.1. The fraction of sp³-hybridized carbons (Fsp3) is 0.500. The molecule has 1 heterocycles. The Morgan fingerprint density at radius 1 is 1.20 bits per heavy atom. The summed E-state index contributed by atoms with van der Waals surface area (Å²) in [5.41, 5.74) is 3.04. The number of fused-ring (bicyclic) bond motifs is 3. The Kier molecular flexibility index (Phi) is 4.24. The average molecular weight is 341 g/mol. The van der Waals surface area contributed by atoms with E-state index in [1.807, 2.05) is 19.1 Å². The smallest absolute Gasteiger partial charge is 0.339 e. The summed E-state index contributed by atoms with van der Waals surface area (Å²) in [6.07, 6.45) is 7.03. The maximum absolute atomic E-state index is 12.2. The molecule has 5 nitrogen and oxygen atoms in total. The van der Waals surface area contributed by atoms with Gasteiger partial charge in [0.05, 0.1) is 5.39 Å². The largest absolute Gasteiger partial charge is 0.483 e. The van der Waals surface area contributed by atoms with Crippen LogP contribution in [0, 0.1) is 6.92 Å². The number of hydrogen-bond acceptors (Lipinski definition) is 4. The van der Waals surface area contributed by atoms with Gasteiger partial charge in [0.25, 0.3) is 5.91 Å². The van der Waals surface area contributed by atoms with Crippen LogP contribution in [0.1, 0.15) is 48.8 Å². The van der Waals surface area contributed by atoms with Crippen molar-refractivity contribution in [2.75, 3.05) is 6.61 Å². The van der Waals surface area contributed by atoms with Gasteiger partial charge in [-0.1, -0.05) is 12.8 Å². The molecule has 0 aliphatic heterocycles. The van der Waals surface area contributed by atoms with E-state index in [2.05, 4.69) is 5.32 Å². The number of carbonyl (C=O) groups excluding carboxylic acids is 1. The normalized spacial score (nSPS) is 17.0. The number of benzene rings is 1. The Bertz CT molecular complexity index is 877. The van der Waals surface area contributed by atoms with Gasteiger partial charge in [-0.2, -0.15) is 0 Å². The van der Waals surface area contributed by atoms with Crippen molar-refractivity contribution in [1.29, 1.82) is 0 Å². The van der Waals surface area contributed by atoms with Crippen LogP contribution in [-0.2, 0) is 17.6 Å². The van der Waals surface area contributed by atoms with E-state index in [9.17, 15) is 9.59 Å². The summed E-state index contributed by atoms with van der Waals surface area (Å²) in [6, 6.07) is 4.07. The number of aryl methyl sites for hydroxylation is 2. The number of nitrogens with one attached hydrogen (secondary N) is 1. The Balaban J connectivity index is 1.61. The standard InChI is InChI=1S/C20H23NO4/c1-12-9-16(24-11-18(22)21-13-5-2-3-6-13)19-14-7-4-8-15(14)20(23)25-17(19)10-12/h9-10,13H,2-8,11H2,1H3,(H,21,22). The predicted octanol–water partition coefficient (Wildman–Crippen LogP) is 3.03. The highest BCUT2D eigenvalue weighted by atomic mass is 16.5. The van der Waals surface area contributed by atoms with E-state index >= 15 is 0 Å². The maximum Gasteiger partial charge on any atom is 0.339 e. The lowest BCUT2D eigenvalue weighted by Gasteiger charge is -2.15. The fourth-order valence-corrected chi connectivity index (χ4v) is 4.10. The molecule has 2 aliphatic carbocycles. The Morgan fingerprint density at radius 3 is 2.76 bits per heavy atom. The third kappa shape index (κ3) is 3.15. The van der Waals surface area contributed by atoms with Gasteiger partial charge in [0.15, 0.2) is 6.61 Å². The molecular weight excluding hydrogens is 318 g/mol. The van der Waals surface area contributed by atoms with Gasteiger partial charge in [0.2, 0.25) is 0 Å². The predicted molar refractivity (Wildman–Crippen MR) is 95.1 cm³/mol.